The van der Waals surface area contributed by atoms with E-state index in [2.05, 4.69) is 20.3 Å². The van der Waals surface area contributed by atoms with Crippen molar-refractivity contribution in [1.29, 1.82) is 0 Å². The molecule has 2 aromatic carbocycles. The van der Waals surface area contributed by atoms with Crippen molar-refractivity contribution >= 4 is 17.0 Å². The van der Waals surface area contributed by atoms with Gasteiger partial charge in [-0.05, 0) is 48.9 Å². The van der Waals surface area contributed by atoms with Crippen LogP contribution in [-0.2, 0) is 0 Å². The lowest BCUT2D eigenvalue weighted by Crippen LogP contribution is -2.34. The highest BCUT2D eigenvalue weighted by atomic mass is 19.1. The lowest BCUT2D eigenvalue weighted by molar-refractivity contribution is 0.626. The van der Waals surface area contributed by atoms with Gasteiger partial charge in [-0.2, -0.15) is 4.98 Å². The number of aromatic nitrogens is 4. The summed E-state index contributed by atoms with van der Waals surface area (Å²) in [6.07, 6.45) is 1.31. The fourth-order valence-corrected chi connectivity index (χ4v) is 2.93. The number of fused-ring (bicyclic) bond motifs is 1. The van der Waals surface area contributed by atoms with Crippen molar-refractivity contribution in [3.8, 4) is 5.69 Å². The van der Waals surface area contributed by atoms with Gasteiger partial charge in [-0.25, -0.2) is 23.1 Å². The molecule has 1 unspecified atom stereocenters. The van der Waals surface area contributed by atoms with Crippen molar-refractivity contribution in [2.75, 3.05) is 5.32 Å². The van der Waals surface area contributed by atoms with Crippen LogP contribution in [0.15, 0.2) is 64.3 Å². The molecule has 9 heteroatoms. The number of hydrogen-bond donors (Lipinski definition) is 2. The highest BCUT2D eigenvalue weighted by Crippen LogP contribution is 2.17. The van der Waals surface area contributed by atoms with E-state index in [1.54, 1.807) is 12.1 Å². The molecular formula is C20H15F2N5O2. The maximum absolute atomic E-state index is 13.1. The van der Waals surface area contributed by atoms with Gasteiger partial charge in [0.1, 0.15) is 17.0 Å². The lowest BCUT2D eigenvalue weighted by Gasteiger charge is -2.14. The van der Waals surface area contributed by atoms with E-state index in [-0.39, 0.29) is 34.5 Å². The summed E-state index contributed by atoms with van der Waals surface area (Å²) in [6.45, 7) is 1.84. The first-order valence-corrected chi connectivity index (χ1v) is 8.72. The van der Waals surface area contributed by atoms with E-state index in [9.17, 15) is 18.4 Å². The van der Waals surface area contributed by atoms with Gasteiger partial charge < -0.3 is 5.32 Å². The molecule has 2 N–H and O–H groups in total. The number of hydrogen-bond acceptors (Lipinski definition) is 5. The smallest absolute Gasteiger partial charge is 0.334 e. The molecular weight excluding hydrogens is 380 g/mol. The Kier molecular flexibility index (Phi) is 4.63. The van der Waals surface area contributed by atoms with Gasteiger partial charge in [0.05, 0.1) is 11.7 Å². The number of nitrogens with one attached hydrogen (secondary N) is 2. The molecule has 0 aliphatic carbocycles. The van der Waals surface area contributed by atoms with E-state index < -0.39 is 17.1 Å². The van der Waals surface area contributed by atoms with Gasteiger partial charge in [0.2, 0.25) is 5.95 Å². The number of benzene rings is 2. The van der Waals surface area contributed by atoms with Gasteiger partial charge in [-0.15, -0.1) is 0 Å². The van der Waals surface area contributed by atoms with Gasteiger partial charge in [0.25, 0.3) is 5.56 Å². The van der Waals surface area contributed by atoms with Crippen LogP contribution in [0.1, 0.15) is 18.5 Å². The zero-order chi connectivity index (χ0) is 20.5. The Morgan fingerprint density at radius 2 is 1.62 bits per heavy atom. The Labute approximate surface area is 162 Å². The summed E-state index contributed by atoms with van der Waals surface area (Å²) < 4.78 is 27.1. The van der Waals surface area contributed by atoms with Crippen molar-refractivity contribution in [3.63, 3.8) is 0 Å². The van der Waals surface area contributed by atoms with Crippen LogP contribution in [-0.4, -0.2) is 19.5 Å². The van der Waals surface area contributed by atoms with Gasteiger partial charge in [-0.1, -0.05) is 12.1 Å². The standard InChI is InChI=1S/C20H15F2N5O2/c1-11(12-2-4-13(21)5-3-12)24-19-23-10-16-17(25-19)26-20(29)27(18(16)28)15-8-6-14(22)7-9-15/h2-11H,1H3,(H2,23,24,25,26,29). The van der Waals surface area contributed by atoms with Crippen LogP contribution in [0, 0.1) is 11.6 Å². The van der Waals surface area contributed by atoms with Gasteiger partial charge in [-0.3, -0.25) is 9.78 Å². The molecule has 0 saturated heterocycles. The second kappa shape index (κ2) is 7.27. The molecule has 0 radical (unpaired) electrons. The molecule has 0 spiro atoms. The molecule has 0 bridgehead atoms. The molecule has 4 aromatic rings. The first-order chi connectivity index (χ1) is 13.9. The largest absolute Gasteiger partial charge is 0.348 e. The predicted molar refractivity (Wildman–Crippen MR) is 104 cm³/mol. The average Bonchev–Trinajstić information content (AvgIpc) is 2.69. The van der Waals surface area contributed by atoms with E-state index in [0.29, 0.717) is 0 Å². The van der Waals surface area contributed by atoms with Crippen molar-refractivity contribution in [2.45, 2.75) is 13.0 Å². The number of halogens is 2. The zero-order valence-corrected chi connectivity index (χ0v) is 15.2. The number of H-pyrrole nitrogens is 1. The minimum absolute atomic E-state index is 0.0715. The third kappa shape index (κ3) is 3.62. The van der Waals surface area contributed by atoms with Gasteiger partial charge >= 0.3 is 5.69 Å². The van der Waals surface area contributed by atoms with Crippen LogP contribution in [0.5, 0.6) is 0 Å². The van der Waals surface area contributed by atoms with Crippen LogP contribution in [0.25, 0.3) is 16.7 Å². The van der Waals surface area contributed by atoms with E-state index in [0.717, 1.165) is 22.3 Å². The Bertz CT molecular complexity index is 1300. The molecule has 2 aromatic heterocycles. The van der Waals surface area contributed by atoms with E-state index >= 15 is 0 Å². The second-order valence-corrected chi connectivity index (χ2v) is 6.42. The molecule has 146 valence electrons. The third-order valence-electron chi connectivity index (χ3n) is 4.45. The van der Waals surface area contributed by atoms with Crippen LogP contribution in [0.2, 0.25) is 0 Å². The van der Waals surface area contributed by atoms with Crippen molar-refractivity contribution < 1.29 is 8.78 Å². The monoisotopic (exact) mass is 395 g/mol. The first kappa shape index (κ1) is 18.5. The zero-order valence-electron chi connectivity index (χ0n) is 15.2. The number of rotatable bonds is 4. The summed E-state index contributed by atoms with van der Waals surface area (Å²) in [5.74, 6) is -0.616. The van der Waals surface area contributed by atoms with Gasteiger partial charge in [0, 0.05) is 6.20 Å². The number of aromatic amines is 1. The van der Waals surface area contributed by atoms with Crippen LogP contribution in [0.3, 0.4) is 0 Å². The summed E-state index contributed by atoms with van der Waals surface area (Å²) in [6, 6.07) is 10.7. The fourth-order valence-electron chi connectivity index (χ4n) is 2.93. The molecule has 4 rings (SSSR count). The Morgan fingerprint density at radius 3 is 2.28 bits per heavy atom. The fraction of sp³-hybridized carbons (Fsp3) is 0.100. The van der Waals surface area contributed by atoms with Crippen molar-refractivity contribution in [3.05, 3.63) is 92.8 Å². The van der Waals surface area contributed by atoms with Gasteiger partial charge in [0.15, 0.2) is 5.65 Å². The molecule has 0 aliphatic heterocycles. The molecule has 0 fully saturated rings. The first-order valence-electron chi connectivity index (χ1n) is 8.72. The lowest BCUT2D eigenvalue weighted by atomic mass is 10.1. The molecule has 0 aliphatic rings. The van der Waals surface area contributed by atoms with Crippen molar-refractivity contribution in [1.82, 2.24) is 19.5 Å². The molecule has 2 heterocycles. The summed E-state index contributed by atoms with van der Waals surface area (Å²) in [4.78, 5) is 36.0. The number of anilines is 1. The summed E-state index contributed by atoms with van der Waals surface area (Å²) in [7, 11) is 0. The summed E-state index contributed by atoms with van der Waals surface area (Å²) in [5, 5.41) is 3.15. The maximum atomic E-state index is 13.1. The molecule has 1 atom stereocenters. The van der Waals surface area contributed by atoms with Crippen molar-refractivity contribution in [2.24, 2.45) is 0 Å². The van der Waals surface area contributed by atoms with Crippen LogP contribution < -0.4 is 16.6 Å². The normalized spacial score (nSPS) is 12.1. The van der Waals surface area contributed by atoms with E-state index in [1.807, 2.05) is 6.92 Å². The summed E-state index contributed by atoms with van der Waals surface area (Å²) >= 11 is 0. The molecule has 0 saturated carbocycles. The van der Waals surface area contributed by atoms with Crippen LogP contribution in [0.4, 0.5) is 14.7 Å². The van der Waals surface area contributed by atoms with Crippen LogP contribution >= 0.6 is 0 Å². The molecule has 29 heavy (non-hydrogen) atoms. The predicted octanol–water partition coefficient (Wildman–Crippen LogP) is 2.92. The molecule has 0 amide bonds. The maximum Gasteiger partial charge on any atom is 0.334 e. The highest BCUT2D eigenvalue weighted by Gasteiger charge is 2.13. The minimum Gasteiger partial charge on any atom is -0.348 e. The third-order valence-corrected chi connectivity index (χ3v) is 4.45. The molecule has 7 nitrogen and oxygen atoms in total. The Hall–Kier alpha value is -3.88. The average molecular weight is 395 g/mol. The topological polar surface area (TPSA) is 92.7 Å². The van der Waals surface area contributed by atoms with E-state index in [1.165, 1.54) is 30.5 Å². The minimum atomic E-state index is -0.703. The highest BCUT2D eigenvalue weighted by molar-refractivity contribution is 5.73. The number of nitrogens with zero attached hydrogens (tertiary/aromatic N) is 3. The SMILES string of the molecule is CC(Nc1ncc2c(=O)n(-c3ccc(F)cc3)c(=O)[nH]c2n1)c1ccc(F)cc1. The second-order valence-electron chi connectivity index (χ2n) is 6.42. The Morgan fingerprint density at radius 1 is 1.00 bits per heavy atom. The Balaban J connectivity index is 1.71. The summed E-state index contributed by atoms with van der Waals surface area (Å²) in [5.41, 5.74) is -0.206. The quantitative estimate of drug-likeness (QED) is 0.554. The van der Waals surface area contributed by atoms with E-state index in [4.69, 9.17) is 0 Å².